The van der Waals surface area contributed by atoms with Gasteiger partial charge in [-0.2, -0.15) is 0 Å². The number of hydrogen-bond acceptors (Lipinski definition) is 12. The van der Waals surface area contributed by atoms with Crippen molar-refractivity contribution in [2.45, 2.75) is 0 Å². The summed E-state index contributed by atoms with van der Waals surface area (Å²) in [6, 6.07) is 29.7. The molecule has 0 radical (unpaired) electrons. The molecule has 14 heteroatoms. The van der Waals surface area contributed by atoms with Gasteiger partial charge in [0.2, 0.25) is 0 Å². The third-order valence-electron chi connectivity index (χ3n) is 11.8. The summed E-state index contributed by atoms with van der Waals surface area (Å²) in [6.07, 6.45) is 16.9. The highest BCUT2D eigenvalue weighted by Crippen LogP contribution is 2.42. The molecule has 62 heavy (non-hydrogen) atoms. The number of para-hydroxylation sites is 4. The zero-order chi connectivity index (χ0) is 40.5. The summed E-state index contributed by atoms with van der Waals surface area (Å²) in [7, 11) is 0. The lowest BCUT2D eigenvalue weighted by molar-refractivity contribution is 0.775. The van der Waals surface area contributed by atoms with Gasteiger partial charge in [-0.3, -0.25) is 39.9 Å². The SMILES string of the molecule is c1ccc2c(c1)c1cccc(-c3cnc4c5nccnc5c5nccnc5c4n3)c1n2-n1c2ccccc2c2cccc(-c3cnc4c5nccnc5c5nccnc5c4n3)c21. The Labute approximate surface area is 347 Å². The van der Waals surface area contributed by atoms with Crippen LogP contribution in [-0.4, -0.2) is 69.2 Å². The molecule has 0 N–H and O–H groups in total. The molecule has 14 nitrogen and oxygen atoms in total. The molecular weight excluding hydrogens is 773 g/mol. The Hall–Kier alpha value is -9.04. The molecule has 0 bridgehead atoms. The Balaban J connectivity index is 1.10. The molecule has 0 saturated heterocycles. The van der Waals surface area contributed by atoms with Crippen LogP contribution in [0.15, 0.2) is 147 Å². The first-order valence-corrected chi connectivity index (χ1v) is 19.9. The van der Waals surface area contributed by atoms with Gasteiger partial charge in [0.25, 0.3) is 0 Å². The molecule has 6 aromatic carbocycles. The molecule has 14 rings (SSSR count). The van der Waals surface area contributed by atoms with Crippen molar-refractivity contribution in [2.24, 2.45) is 0 Å². The average Bonchev–Trinajstić information content (AvgIpc) is 3.86. The van der Waals surface area contributed by atoms with Gasteiger partial charge in [-0.1, -0.05) is 72.8 Å². The molecule has 286 valence electrons. The van der Waals surface area contributed by atoms with Gasteiger partial charge in [0.1, 0.15) is 66.2 Å². The summed E-state index contributed by atoms with van der Waals surface area (Å²) < 4.78 is 4.62. The second kappa shape index (κ2) is 12.2. The molecule has 0 aliphatic heterocycles. The highest BCUT2D eigenvalue weighted by Gasteiger charge is 2.25. The molecule has 0 aliphatic rings. The normalized spacial score (nSPS) is 12.2. The fourth-order valence-corrected chi connectivity index (χ4v) is 9.27. The predicted octanol–water partition coefficient (Wildman–Crippen LogP) is 9.21. The van der Waals surface area contributed by atoms with E-state index >= 15 is 0 Å². The summed E-state index contributed by atoms with van der Waals surface area (Å²) >= 11 is 0. The van der Waals surface area contributed by atoms with Crippen molar-refractivity contribution in [2.75, 3.05) is 0 Å². The van der Waals surface area contributed by atoms with Crippen molar-refractivity contribution >= 4 is 110 Å². The molecule has 0 aliphatic carbocycles. The van der Waals surface area contributed by atoms with Gasteiger partial charge < -0.3 is 0 Å². The fraction of sp³-hybridized carbons (Fsp3) is 0. The van der Waals surface area contributed by atoms with Gasteiger partial charge in [0.05, 0.1) is 45.8 Å². The molecule has 8 aromatic heterocycles. The summed E-state index contributed by atoms with van der Waals surface area (Å²) in [5.74, 6) is 0. The van der Waals surface area contributed by atoms with E-state index in [0.717, 1.165) is 54.7 Å². The summed E-state index contributed by atoms with van der Waals surface area (Å²) in [5.41, 5.74) is 14.4. The second-order valence-electron chi connectivity index (χ2n) is 15.0. The zero-order valence-electron chi connectivity index (χ0n) is 32.1. The molecule has 0 saturated carbocycles. The van der Waals surface area contributed by atoms with Gasteiger partial charge in [0.15, 0.2) is 0 Å². The van der Waals surface area contributed by atoms with Gasteiger partial charge in [-0.05, 0) is 12.1 Å². The maximum Gasteiger partial charge on any atom is 0.120 e. The number of fused-ring (bicyclic) bond motifs is 18. The van der Waals surface area contributed by atoms with E-state index in [1.165, 1.54) is 0 Å². The first-order valence-electron chi connectivity index (χ1n) is 19.9. The molecule has 0 amide bonds. The lowest BCUT2D eigenvalue weighted by atomic mass is 10.1. The van der Waals surface area contributed by atoms with Crippen molar-refractivity contribution < 1.29 is 0 Å². The lowest BCUT2D eigenvalue weighted by Crippen LogP contribution is -2.10. The zero-order valence-corrected chi connectivity index (χ0v) is 32.1. The highest BCUT2D eigenvalue weighted by atomic mass is 15.5. The van der Waals surface area contributed by atoms with Crippen LogP contribution in [0, 0.1) is 0 Å². The molecule has 0 atom stereocenters. The van der Waals surface area contributed by atoms with Gasteiger partial charge >= 0.3 is 0 Å². The molecule has 8 heterocycles. The van der Waals surface area contributed by atoms with Crippen molar-refractivity contribution in [3.05, 3.63) is 147 Å². The minimum Gasteiger partial charge on any atom is -0.251 e. The summed E-state index contributed by atoms with van der Waals surface area (Å²) in [5, 5.41) is 4.28. The van der Waals surface area contributed by atoms with Gasteiger partial charge in [-0.25, -0.2) is 29.3 Å². The first kappa shape index (κ1) is 32.9. The van der Waals surface area contributed by atoms with Crippen LogP contribution in [0.25, 0.3) is 132 Å². The monoisotopic (exact) mass is 796 g/mol. The molecule has 0 fully saturated rings. The number of hydrogen-bond donors (Lipinski definition) is 0. The molecule has 0 spiro atoms. The van der Waals surface area contributed by atoms with Crippen LogP contribution in [0.3, 0.4) is 0 Å². The van der Waals surface area contributed by atoms with Crippen LogP contribution in [0.4, 0.5) is 0 Å². The largest absolute Gasteiger partial charge is 0.251 e. The topological polar surface area (TPSA) is 165 Å². The van der Waals surface area contributed by atoms with Crippen molar-refractivity contribution in [1.29, 1.82) is 0 Å². The first-order chi connectivity index (χ1) is 30.8. The van der Waals surface area contributed by atoms with E-state index in [-0.39, 0.29) is 0 Å². The number of benzene rings is 6. The van der Waals surface area contributed by atoms with Crippen molar-refractivity contribution in [3.8, 4) is 22.5 Å². The highest BCUT2D eigenvalue weighted by molar-refractivity contribution is 6.20. The Kier molecular flexibility index (Phi) is 6.49. The average molecular weight is 797 g/mol. The Bertz CT molecular complexity index is 3910. The third-order valence-corrected chi connectivity index (χ3v) is 11.8. The van der Waals surface area contributed by atoms with Crippen molar-refractivity contribution in [1.82, 2.24) is 69.2 Å². The van der Waals surface area contributed by atoms with E-state index in [9.17, 15) is 0 Å². The van der Waals surface area contributed by atoms with Crippen LogP contribution >= 0.6 is 0 Å². The van der Waals surface area contributed by atoms with Crippen LogP contribution < -0.4 is 0 Å². The minimum atomic E-state index is 0.600. The third kappa shape index (κ3) is 4.35. The summed E-state index contributed by atoms with van der Waals surface area (Å²) in [6.45, 7) is 0. The molecule has 0 unspecified atom stereocenters. The van der Waals surface area contributed by atoms with Crippen LogP contribution in [0.1, 0.15) is 0 Å². The smallest absolute Gasteiger partial charge is 0.120 e. The second-order valence-corrected chi connectivity index (χ2v) is 15.0. The Morgan fingerprint density at radius 1 is 0.274 bits per heavy atom. The van der Waals surface area contributed by atoms with E-state index in [4.69, 9.17) is 29.9 Å². The number of aromatic nitrogens is 14. The summed E-state index contributed by atoms with van der Waals surface area (Å²) in [4.78, 5) is 58.1. The standard InChI is InChI=1S/C48H24N14/c1-3-13-33-25(7-1)27-9-5-11-29(31-23-57-43-39-35(49-15-17-53-39)37-41(45(43)59-31)55-21-19-51-37)47(27)61(33)62-34-14-4-2-8-26(34)28-10-6-12-30(48(28)62)32-24-58-44-40-36(50-16-18-54-40)38-42(46(44)60-32)56-22-20-52-38/h1-24H. The maximum atomic E-state index is 5.34. The quantitative estimate of drug-likeness (QED) is 0.156. The number of rotatable bonds is 3. The number of nitrogens with zero attached hydrogens (tertiary/aromatic N) is 14. The van der Waals surface area contributed by atoms with Crippen LogP contribution in [0.2, 0.25) is 0 Å². The minimum absolute atomic E-state index is 0.600. The van der Waals surface area contributed by atoms with E-state index < -0.39 is 0 Å². The van der Waals surface area contributed by atoms with E-state index in [0.29, 0.717) is 77.6 Å². The van der Waals surface area contributed by atoms with E-state index in [1.807, 2.05) is 12.4 Å². The maximum absolute atomic E-state index is 5.34. The van der Waals surface area contributed by atoms with E-state index in [2.05, 4.69) is 124 Å². The van der Waals surface area contributed by atoms with Crippen molar-refractivity contribution in [3.63, 3.8) is 0 Å². The van der Waals surface area contributed by atoms with Gasteiger partial charge in [-0.15, -0.1) is 0 Å². The van der Waals surface area contributed by atoms with Gasteiger partial charge in [0, 0.05) is 82.2 Å². The predicted molar refractivity (Wildman–Crippen MR) is 239 cm³/mol. The van der Waals surface area contributed by atoms with E-state index in [1.54, 1.807) is 49.6 Å². The lowest BCUT2D eigenvalue weighted by Gasteiger charge is -2.17. The fourth-order valence-electron chi connectivity index (χ4n) is 9.27. The molecule has 14 aromatic rings. The van der Waals surface area contributed by atoms with Crippen LogP contribution in [0.5, 0.6) is 0 Å². The Morgan fingerprint density at radius 3 is 0.952 bits per heavy atom. The Morgan fingerprint density at radius 2 is 0.581 bits per heavy atom. The van der Waals surface area contributed by atoms with Crippen LogP contribution in [-0.2, 0) is 0 Å². The molecular formula is C48H24N14.